The predicted molar refractivity (Wildman–Crippen MR) is 126 cm³/mol. The van der Waals surface area contributed by atoms with Crippen molar-refractivity contribution in [3.63, 3.8) is 0 Å². The summed E-state index contributed by atoms with van der Waals surface area (Å²) < 4.78 is 26.0. The second-order valence-electron chi connectivity index (χ2n) is 8.04. The first-order valence-electron chi connectivity index (χ1n) is 10.6. The van der Waals surface area contributed by atoms with Gasteiger partial charge in [0.2, 0.25) is 15.9 Å². The van der Waals surface area contributed by atoms with Crippen molar-refractivity contribution in [1.82, 2.24) is 10.2 Å². The molecule has 168 valence electrons. The minimum Gasteiger partial charge on any atom is -0.350 e. The van der Waals surface area contributed by atoms with Gasteiger partial charge in [-0.2, -0.15) is 0 Å². The van der Waals surface area contributed by atoms with Crippen LogP contribution in [0, 0.1) is 0 Å². The van der Waals surface area contributed by atoms with Gasteiger partial charge in [-0.05, 0) is 62.2 Å². The van der Waals surface area contributed by atoms with Crippen LogP contribution in [0.3, 0.4) is 0 Å². The zero-order valence-electron chi connectivity index (χ0n) is 18.1. The van der Waals surface area contributed by atoms with E-state index in [9.17, 15) is 13.2 Å². The van der Waals surface area contributed by atoms with Crippen LogP contribution in [0.2, 0.25) is 5.02 Å². The van der Waals surface area contributed by atoms with E-state index in [0.717, 1.165) is 35.8 Å². The molecule has 31 heavy (non-hydrogen) atoms. The number of likely N-dealkylation sites (tertiary alicyclic amines) is 1. The average molecular weight is 464 g/mol. The Balaban J connectivity index is 1.71. The zero-order chi connectivity index (χ0) is 22.4. The Morgan fingerprint density at radius 3 is 2.42 bits per heavy atom. The normalized spacial score (nSPS) is 16.0. The van der Waals surface area contributed by atoms with Gasteiger partial charge in [0, 0.05) is 18.1 Å². The molecule has 2 aromatic rings. The second kappa shape index (κ2) is 10.5. The molecular formula is C23H30ClN3O3S. The summed E-state index contributed by atoms with van der Waals surface area (Å²) in [6.07, 6.45) is 4.82. The van der Waals surface area contributed by atoms with Gasteiger partial charge in [-0.3, -0.25) is 14.0 Å². The number of hydrogen-bond acceptors (Lipinski definition) is 4. The second-order valence-corrected chi connectivity index (χ2v) is 10.3. The van der Waals surface area contributed by atoms with Gasteiger partial charge in [0.25, 0.3) is 0 Å². The van der Waals surface area contributed by atoms with Gasteiger partial charge < -0.3 is 5.32 Å². The number of carbonyl (C=O) groups is 1. The Bertz CT molecular complexity index is 1010. The van der Waals surface area contributed by atoms with E-state index in [4.69, 9.17) is 11.6 Å². The lowest BCUT2D eigenvalue weighted by Gasteiger charge is -2.29. The van der Waals surface area contributed by atoms with Crippen LogP contribution in [0.4, 0.5) is 5.69 Å². The Labute approximate surface area is 190 Å². The van der Waals surface area contributed by atoms with Crippen molar-refractivity contribution >= 4 is 33.2 Å². The first-order valence-corrected chi connectivity index (χ1v) is 12.8. The smallest absolute Gasteiger partial charge is 0.243 e. The number of halogens is 1. The molecule has 1 saturated heterocycles. The maximum atomic E-state index is 12.9. The molecule has 1 amide bonds. The summed E-state index contributed by atoms with van der Waals surface area (Å²) in [6.45, 7) is 4.98. The summed E-state index contributed by atoms with van der Waals surface area (Å²) in [5.74, 6) is -0.363. The van der Waals surface area contributed by atoms with Gasteiger partial charge >= 0.3 is 0 Å². The molecule has 0 aliphatic carbocycles. The number of sulfonamides is 1. The Hall–Kier alpha value is -2.09. The van der Waals surface area contributed by atoms with Crippen LogP contribution in [0.5, 0.6) is 0 Å². The highest BCUT2D eigenvalue weighted by atomic mass is 35.5. The molecule has 1 aliphatic heterocycles. The van der Waals surface area contributed by atoms with Gasteiger partial charge in [-0.15, -0.1) is 0 Å². The van der Waals surface area contributed by atoms with Gasteiger partial charge in [0.15, 0.2) is 0 Å². The fourth-order valence-electron chi connectivity index (χ4n) is 3.99. The summed E-state index contributed by atoms with van der Waals surface area (Å²) >= 11 is 6.04. The lowest BCUT2D eigenvalue weighted by atomic mass is 10.0. The summed E-state index contributed by atoms with van der Waals surface area (Å²) in [6, 6.07) is 13.7. The Morgan fingerprint density at radius 2 is 1.77 bits per heavy atom. The summed E-state index contributed by atoms with van der Waals surface area (Å²) in [5.41, 5.74) is 2.59. The number of rotatable bonds is 8. The van der Waals surface area contributed by atoms with Crippen molar-refractivity contribution in [1.29, 1.82) is 0 Å². The Morgan fingerprint density at radius 1 is 1.10 bits per heavy atom. The summed E-state index contributed by atoms with van der Waals surface area (Å²) in [5, 5.41) is 3.32. The van der Waals surface area contributed by atoms with Crippen LogP contribution in [0.1, 0.15) is 37.3 Å². The highest BCUT2D eigenvalue weighted by molar-refractivity contribution is 7.92. The van der Waals surface area contributed by atoms with E-state index in [-0.39, 0.29) is 5.91 Å². The SMILES string of the molecule is C[C@@H](C(=O)NCc1ccccc1CN1CCCCC1)N(c1cccc(Cl)c1)S(C)(=O)=O. The standard InChI is InChI=1S/C23H30ClN3O3S/c1-18(27(31(2,29)30)22-12-8-11-21(24)15-22)23(28)25-16-19-9-4-5-10-20(19)17-26-13-6-3-7-14-26/h4-5,8-12,15,18H,3,6-7,13-14,16-17H2,1-2H3,(H,25,28)/t18-/m0/s1. The van der Waals surface area contributed by atoms with E-state index in [0.29, 0.717) is 17.3 Å². The number of nitrogens with zero attached hydrogens (tertiary/aromatic N) is 2. The van der Waals surface area contributed by atoms with E-state index >= 15 is 0 Å². The highest BCUT2D eigenvalue weighted by Gasteiger charge is 2.29. The number of anilines is 1. The molecule has 0 bridgehead atoms. The molecule has 6 nitrogen and oxygen atoms in total. The molecule has 0 radical (unpaired) electrons. The van der Waals surface area contributed by atoms with Crippen LogP contribution in [0.25, 0.3) is 0 Å². The number of nitrogens with one attached hydrogen (secondary N) is 1. The molecule has 0 aromatic heterocycles. The molecule has 1 heterocycles. The number of hydrogen-bond donors (Lipinski definition) is 1. The molecule has 1 atom stereocenters. The predicted octanol–water partition coefficient (Wildman–Crippen LogP) is 3.80. The molecule has 1 aliphatic rings. The molecule has 8 heteroatoms. The monoisotopic (exact) mass is 463 g/mol. The first-order chi connectivity index (χ1) is 14.8. The number of benzene rings is 2. The third-order valence-electron chi connectivity index (χ3n) is 5.57. The van der Waals surface area contributed by atoms with Gasteiger partial charge in [0.1, 0.15) is 6.04 Å². The van der Waals surface area contributed by atoms with Crippen molar-refractivity contribution < 1.29 is 13.2 Å². The number of amides is 1. The third-order valence-corrected chi connectivity index (χ3v) is 7.04. The average Bonchev–Trinajstić information content (AvgIpc) is 2.73. The van der Waals surface area contributed by atoms with Crippen molar-refractivity contribution in [3.05, 3.63) is 64.7 Å². The van der Waals surface area contributed by atoms with E-state index in [1.165, 1.54) is 24.8 Å². The van der Waals surface area contributed by atoms with Crippen LogP contribution in [-0.2, 0) is 27.9 Å². The topological polar surface area (TPSA) is 69.7 Å². The van der Waals surface area contributed by atoms with E-state index in [1.54, 1.807) is 31.2 Å². The highest BCUT2D eigenvalue weighted by Crippen LogP contribution is 2.24. The molecule has 0 unspecified atom stereocenters. The summed E-state index contributed by atoms with van der Waals surface area (Å²) in [4.78, 5) is 15.3. The van der Waals surface area contributed by atoms with Gasteiger partial charge in [0.05, 0.1) is 11.9 Å². The van der Waals surface area contributed by atoms with Crippen LogP contribution >= 0.6 is 11.6 Å². The quantitative estimate of drug-likeness (QED) is 0.646. The minimum absolute atomic E-state index is 0.348. The van der Waals surface area contributed by atoms with E-state index in [1.807, 2.05) is 18.2 Å². The Kier molecular flexibility index (Phi) is 7.97. The molecule has 3 rings (SSSR count). The maximum Gasteiger partial charge on any atom is 0.243 e. The molecular weight excluding hydrogens is 434 g/mol. The number of carbonyl (C=O) groups excluding carboxylic acids is 1. The first kappa shape index (κ1) is 23.6. The van der Waals surface area contributed by atoms with Crippen molar-refractivity contribution in [2.75, 3.05) is 23.7 Å². The van der Waals surface area contributed by atoms with E-state index < -0.39 is 16.1 Å². The number of piperidine rings is 1. The molecule has 2 aromatic carbocycles. The zero-order valence-corrected chi connectivity index (χ0v) is 19.6. The fourth-order valence-corrected chi connectivity index (χ4v) is 5.35. The molecule has 1 N–H and O–H groups in total. The molecule has 1 fully saturated rings. The maximum absolute atomic E-state index is 12.9. The van der Waals surface area contributed by atoms with Crippen molar-refractivity contribution in [2.24, 2.45) is 0 Å². The summed E-state index contributed by atoms with van der Waals surface area (Å²) in [7, 11) is -3.68. The van der Waals surface area contributed by atoms with Crippen LogP contribution in [0.15, 0.2) is 48.5 Å². The lowest BCUT2D eigenvalue weighted by molar-refractivity contribution is -0.122. The minimum atomic E-state index is -3.68. The fraction of sp³-hybridized carbons (Fsp3) is 0.435. The molecule has 0 saturated carbocycles. The largest absolute Gasteiger partial charge is 0.350 e. The van der Waals surface area contributed by atoms with Crippen LogP contribution in [-0.4, -0.2) is 44.6 Å². The van der Waals surface area contributed by atoms with Crippen molar-refractivity contribution in [3.8, 4) is 0 Å². The molecule has 0 spiro atoms. The van der Waals surface area contributed by atoms with Gasteiger partial charge in [-0.25, -0.2) is 8.42 Å². The van der Waals surface area contributed by atoms with Gasteiger partial charge in [-0.1, -0.05) is 48.4 Å². The van der Waals surface area contributed by atoms with E-state index in [2.05, 4.69) is 16.3 Å². The van der Waals surface area contributed by atoms with Crippen molar-refractivity contribution in [2.45, 2.75) is 45.3 Å². The third kappa shape index (κ3) is 6.45. The van der Waals surface area contributed by atoms with Crippen LogP contribution < -0.4 is 9.62 Å². The lowest BCUT2D eigenvalue weighted by Crippen LogP contribution is -2.47.